The zero-order valence-corrected chi connectivity index (χ0v) is 14.4. The summed E-state index contributed by atoms with van der Waals surface area (Å²) in [6, 6.07) is 3.64. The van der Waals surface area contributed by atoms with Gasteiger partial charge in [-0.25, -0.2) is 9.69 Å². The van der Waals surface area contributed by atoms with Crippen LogP contribution in [0.5, 0.6) is 11.5 Å². The van der Waals surface area contributed by atoms with Gasteiger partial charge in [0.1, 0.15) is 12.5 Å². The number of thioether (sulfide) groups is 1. The minimum absolute atomic E-state index is 0.0228. The molecule has 10 heteroatoms. The summed E-state index contributed by atoms with van der Waals surface area (Å²) in [5, 5.41) is 1.61. The molecule has 0 bridgehead atoms. The lowest BCUT2D eigenvalue weighted by Crippen LogP contribution is -2.39. The van der Waals surface area contributed by atoms with Crippen molar-refractivity contribution >= 4 is 29.9 Å². The van der Waals surface area contributed by atoms with Crippen LogP contribution in [0.25, 0.3) is 0 Å². The standard InChI is InChI=1S/C17H13F3N2O4S/c18-17(19,20)27-13-3-1-2-11(8-13)21-16(24)22(10-23)12-4-5-14-15(9-12)26-7-6-25-14/h1-7,9-10,13H,8H2,(H,21,24). The molecule has 0 radical (unpaired) electrons. The van der Waals surface area contributed by atoms with Gasteiger partial charge in [-0.15, -0.1) is 0 Å². The summed E-state index contributed by atoms with van der Waals surface area (Å²) in [6.45, 7) is 0. The number of ether oxygens (including phenoxy) is 2. The van der Waals surface area contributed by atoms with Crippen molar-refractivity contribution in [3.63, 3.8) is 0 Å². The molecule has 1 aromatic carbocycles. The van der Waals surface area contributed by atoms with E-state index in [1.165, 1.54) is 49.0 Å². The van der Waals surface area contributed by atoms with Gasteiger partial charge in [0.25, 0.3) is 0 Å². The number of benzene rings is 1. The monoisotopic (exact) mass is 398 g/mol. The number of fused-ring (bicyclic) bond motifs is 1. The predicted molar refractivity (Wildman–Crippen MR) is 93.2 cm³/mol. The van der Waals surface area contributed by atoms with E-state index < -0.39 is 16.8 Å². The highest BCUT2D eigenvalue weighted by molar-refractivity contribution is 8.00. The van der Waals surface area contributed by atoms with Crippen LogP contribution >= 0.6 is 11.8 Å². The lowest BCUT2D eigenvalue weighted by Gasteiger charge is -2.23. The number of nitrogens with one attached hydrogen (secondary N) is 1. The lowest BCUT2D eigenvalue weighted by atomic mass is 10.1. The number of carbonyl (C=O) groups is 2. The highest BCUT2D eigenvalue weighted by Gasteiger charge is 2.33. The number of carbonyl (C=O) groups excluding carboxylic acids is 2. The largest absolute Gasteiger partial charge is 0.458 e. The molecule has 142 valence electrons. The molecule has 27 heavy (non-hydrogen) atoms. The molecular weight excluding hydrogens is 385 g/mol. The number of urea groups is 1. The number of nitrogens with zero attached hydrogens (tertiary/aromatic N) is 1. The summed E-state index contributed by atoms with van der Waals surface area (Å²) < 4.78 is 48.0. The first-order valence-electron chi connectivity index (χ1n) is 7.65. The number of halogens is 3. The maximum Gasteiger partial charge on any atom is 0.442 e. The molecule has 1 unspecified atom stereocenters. The SMILES string of the molecule is O=CN(C(=O)NC1=CC=CC(SC(F)(F)F)C1)c1ccc2c(c1)OC=CO2. The highest BCUT2D eigenvalue weighted by Crippen LogP contribution is 2.38. The number of hydrogen-bond donors (Lipinski definition) is 1. The molecule has 1 heterocycles. The number of anilines is 1. The first kappa shape index (κ1) is 18.9. The summed E-state index contributed by atoms with van der Waals surface area (Å²) in [5.41, 5.74) is -3.89. The Balaban J connectivity index is 1.68. The van der Waals surface area contributed by atoms with Crippen LogP contribution in [0.2, 0.25) is 0 Å². The molecule has 1 atom stereocenters. The topological polar surface area (TPSA) is 67.9 Å². The van der Waals surface area contributed by atoms with Crippen molar-refractivity contribution in [1.29, 1.82) is 0 Å². The van der Waals surface area contributed by atoms with Crippen molar-refractivity contribution in [2.45, 2.75) is 17.2 Å². The van der Waals surface area contributed by atoms with E-state index >= 15 is 0 Å². The van der Waals surface area contributed by atoms with Crippen LogP contribution in [-0.2, 0) is 4.79 Å². The third kappa shape index (κ3) is 4.85. The third-order valence-corrected chi connectivity index (χ3v) is 4.47. The Labute approximate surface area is 156 Å². The summed E-state index contributed by atoms with van der Waals surface area (Å²) in [5.74, 6) is 0.732. The second-order valence-electron chi connectivity index (χ2n) is 5.43. The number of hydrogen-bond acceptors (Lipinski definition) is 5. The minimum atomic E-state index is -4.38. The van der Waals surface area contributed by atoms with E-state index in [4.69, 9.17) is 9.47 Å². The predicted octanol–water partition coefficient (Wildman–Crippen LogP) is 4.07. The Morgan fingerprint density at radius 3 is 2.70 bits per heavy atom. The molecule has 1 aliphatic carbocycles. The molecule has 2 aliphatic rings. The van der Waals surface area contributed by atoms with E-state index in [1.54, 1.807) is 0 Å². The van der Waals surface area contributed by atoms with Crippen molar-refractivity contribution in [2.24, 2.45) is 0 Å². The molecule has 1 N–H and O–H groups in total. The van der Waals surface area contributed by atoms with Crippen LogP contribution in [0, 0.1) is 0 Å². The Morgan fingerprint density at radius 1 is 1.26 bits per heavy atom. The average molecular weight is 398 g/mol. The van der Waals surface area contributed by atoms with Crippen molar-refractivity contribution in [2.75, 3.05) is 4.90 Å². The van der Waals surface area contributed by atoms with Gasteiger partial charge in [0.05, 0.1) is 5.69 Å². The number of allylic oxidation sites excluding steroid dienone is 3. The number of amides is 3. The van der Waals surface area contributed by atoms with Crippen molar-refractivity contribution in [1.82, 2.24) is 5.32 Å². The van der Waals surface area contributed by atoms with Gasteiger partial charge in [0, 0.05) is 23.4 Å². The van der Waals surface area contributed by atoms with Gasteiger partial charge in [0.15, 0.2) is 11.5 Å². The molecule has 6 nitrogen and oxygen atoms in total. The molecular formula is C17H13F3N2O4S. The Hall–Kier alpha value is -2.88. The van der Waals surface area contributed by atoms with Crippen molar-refractivity contribution in [3.05, 3.63) is 54.6 Å². The summed E-state index contributed by atoms with van der Waals surface area (Å²) in [4.78, 5) is 24.6. The molecule has 0 saturated heterocycles. The lowest BCUT2D eigenvalue weighted by molar-refractivity contribution is -0.106. The minimum Gasteiger partial charge on any atom is -0.458 e. The van der Waals surface area contributed by atoms with Crippen molar-refractivity contribution < 1.29 is 32.2 Å². The van der Waals surface area contributed by atoms with Crippen LogP contribution in [0.4, 0.5) is 23.7 Å². The number of rotatable bonds is 4. The second kappa shape index (κ2) is 7.78. The van der Waals surface area contributed by atoms with E-state index in [0.29, 0.717) is 17.9 Å². The third-order valence-electron chi connectivity index (χ3n) is 3.57. The number of alkyl halides is 3. The van der Waals surface area contributed by atoms with E-state index in [2.05, 4.69) is 5.32 Å². The summed E-state index contributed by atoms with van der Waals surface area (Å²) in [6.07, 6.45) is 7.25. The Kier molecular flexibility index (Phi) is 5.45. The molecule has 0 saturated carbocycles. The fourth-order valence-corrected chi connectivity index (χ4v) is 3.23. The summed E-state index contributed by atoms with van der Waals surface area (Å²) in [7, 11) is 0. The fourth-order valence-electron chi connectivity index (χ4n) is 2.46. The molecule has 3 amide bonds. The van der Waals surface area contributed by atoms with Crippen LogP contribution in [0.1, 0.15) is 6.42 Å². The van der Waals surface area contributed by atoms with E-state index in [9.17, 15) is 22.8 Å². The van der Waals surface area contributed by atoms with Crippen LogP contribution in [0.3, 0.4) is 0 Å². The van der Waals surface area contributed by atoms with Gasteiger partial charge in [-0.1, -0.05) is 12.2 Å². The molecule has 0 fully saturated rings. The fraction of sp³-hybridized carbons (Fsp3) is 0.176. The Bertz CT molecular complexity index is 836. The van der Waals surface area contributed by atoms with Gasteiger partial charge < -0.3 is 14.8 Å². The zero-order valence-electron chi connectivity index (χ0n) is 13.6. The van der Waals surface area contributed by atoms with E-state index in [-0.39, 0.29) is 29.6 Å². The van der Waals surface area contributed by atoms with E-state index in [0.717, 1.165) is 4.90 Å². The molecule has 1 aliphatic heterocycles. The van der Waals surface area contributed by atoms with Gasteiger partial charge in [-0.2, -0.15) is 13.2 Å². The normalized spacial score (nSPS) is 17.9. The molecule has 1 aromatic rings. The maximum atomic E-state index is 12.5. The molecule has 3 rings (SSSR count). The van der Waals surface area contributed by atoms with Crippen LogP contribution in [-0.4, -0.2) is 23.2 Å². The van der Waals surface area contributed by atoms with E-state index in [1.807, 2.05) is 0 Å². The van der Waals surface area contributed by atoms with Gasteiger partial charge in [-0.05, 0) is 30.0 Å². The smallest absolute Gasteiger partial charge is 0.442 e. The van der Waals surface area contributed by atoms with Gasteiger partial charge in [0.2, 0.25) is 6.41 Å². The second-order valence-corrected chi connectivity index (χ2v) is 6.73. The van der Waals surface area contributed by atoms with Crippen LogP contribution < -0.4 is 19.7 Å². The van der Waals surface area contributed by atoms with Crippen LogP contribution in [0.15, 0.2) is 54.6 Å². The average Bonchev–Trinajstić information content (AvgIpc) is 2.61. The first-order chi connectivity index (χ1) is 12.9. The quantitative estimate of drug-likeness (QED) is 0.775. The van der Waals surface area contributed by atoms with Crippen molar-refractivity contribution in [3.8, 4) is 11.5 Å². The molecule has 0 spiro atoms. The maximum absolute atomic E-state index is 12.5. The summed E-state index contributed by atoms with van der Waals surface area (Å²) >= 11 is -0.164. The number of imide groups is 1. The van der Waals surface area contributed by atoms with Gasteiger partial charge in [-0.3, -0.25) is 4.79 Å². The Morgan fingerprint density at radius 2 is 2.00 bits per heavy atom. The first-order valence-corrected chi connectivity index (χ1v) is 8.53. The van der Waals surface area contributed by atoms with Gasteiger partial charge >= 0.3 is 11.5 Å². The zero-order chi connectivity index (χ0) is 19.4. The highest BCUT2D eigenvalue weighted by atomic mass is 32.2. The molecule has 0 aromatic heterocycles.